The Hall–Kier alpha value is -2.48. The van der Waals surface area contributed by atoms with Crippen molar-refractivity contribution >= 4 is 17.5 Å². The van der Waals surface area contributed by atoms with Gasteiger partial charge < -0.3 is 15.4 Å². The van der Waals surface area contributed by atoms with Crippen molar-refractivity contribution in [3.05, 3.63) is 24.3 Å². The van der Waals surface area contributed by atoms with Crippen LogP contribution in [0.3, 0.4) is 0 Å². The van der Waals surface area contributed by atoms with E-state index in [4.69, 9.17) is 4.74 Å². The van der Waals surface area contributed by atoms with Gasteiger partial charge in [-0.05, 0) is 68.4 Å². The molecule has 148 valence electrons. The molecule has 0 spiro atoms. The molecule has 4 fully saturated rings. The lowest BCUT2D eigenvalue weighted by Gasteiger charge is -2.55. The molecule has 0 saturated heterocycles. The van der Waals surface area contributed by atoms with Gasteiger partial charge in [-0.1, -0.05) is 17.9 Å². The number of ether oxygens (including phenoxy) is 1. The Morgan fingerprint density at radius 3 is 2.43 bits per heavy atom. The van der Waals surface area contributed by atoms with E-state index in [9.17, 15) is 9.59 Å². The molecule has 0 radical (unpaired) electrons. The quantitative estimate of drug-likeness (QED) is 0.770. The van der Waals surface area contributed by atoms with Crippen LogP contribution in [0.25, 0.3) is 0 Å². The summed E-state index contributed by atoms with van der Waals surface area (Å²) in [7, 11) is 0. The summed E-state index contributed by atoms with van der Waals surface area (Å²) in [5.41, 5.74) is 0.581. The van der Waals surface area contributed by atoms with Gasteiger partial charge in [0, 0.05) is 24.1 Å². The number of amides is 2. The number of hydrogen-bond acceptors (Lipinski definition) is 3. The van der Waals surface area contributed by atoms with Gasteiger partial charge in [-0.15, -0.1) is 0 Å². The zero-order chi connectivity index (χ0) is 19.6. The summed E-state index contributed by atoms with van der Waals surface area (Å²) in [6.07, 6.45) is 7.25. The van der Waals surface area contributed by atoms with Crippen molar-refractivity contribution in [2.75, 3.05) is 18.5 Å². The van der Waals surface area contributed by atoms with Crippen LogP contribution in [0, 0.1) is 35.0 Å². The van der Waals surface area contributed by atoms with E-state index < -0.39 is 0 Å². The SMILES string of the molecule is CC(=O)Nc1cccc(OCC#CCNC(=O)C23CC4CC(CC(C4)C2)C3)c1. The molecule has 1 aromatic rings. The van der Waals surface area contributed by atoms with Gasteiger partial charge in [0.15, 0.2) is 0 Å². The maximum atomic E-state index is 12.8. The Bertz CT molecular complexity index is 785. The fourth-order valence-corrected chi connectivity index (χ4v) is 5.80. The van der Waals surface area contributed by atoms with Gasteiger partial charge in [-0.2, -0.15) is 0 Å². The van der Waals surface area contributed by atoms with Crippen LogP contribution in [-0.4, -0.2) is 25.0 Å². The molecule has 2 amide bonds. The molecule has 4 aliphatic carbocycles. The van der Waals surface area contributed by atoms with Crippen LogP contribution in [0.1, 0.15) is 45.4 Å². The summed E-state index contributed by atoms with van der Waals surface area (Å²) in [6.45, 7) is 2.09. The number of nitrogens with one attached hydrogen (secondary N) is 2. The van der Waals surface area contributed by atoms with E-state index >= 15 is 0 Å². The topological polar surface area (TPSA) is 67.4 Å². The van der Waals surface area contributed by atoms with Gasteiger partial charge in [-0.3, -0.25) is 9.59 Å². The first-order chi connectivity index (χ1) is 13.5. The summed E-state index contributed by atoms with van der Waals surface area (Å²) < 4.78 is 5.60. The third-order valence-corrected chi connectivity index (χ3v) is 6.45. The Labute approximate surface area is 166 Å². The number of rotatable bonds is 5. The number of benzene rings is 1. The summed E-state index contributed by atoms with van der Waals surface area (Å²) in [5, 5.41) is 5.77. The van der Waals surface area contributed by atoms with E-state index in [2.05, 4.69) is 22.5 Å². The molecule has 5 rings (SSSR count). The fraction of sp³-hybridized carbons (Fsp3) is 0.565. The third-order valence-electron chi connectivity index (χ3n) is 6.45. The molecule has 0 unspecified atom stereocenters. The Morgan fingerprint density at radius 2 is 1.79 bits per heavy atom. The van der Waals surface area contributed by atoms with Gasteiger partial charge in [0.05, 0.1) is 6.54 Å². The lowest BCUT2D eigenvalue weighted by Crippen LogP contribution is -2.53. The molecule has 1 aromatic carbocycles. The van der Waals surface area contributed by atoms with E-state index in [0.717, 1.165) is 37.0 Å². The van der Waals surface area contributed by atoms with Gasteiger partial charge in [0.2, 0.25) is 11.8 Å². The van der Waals surface area contributed by atoms with Gasteiger partial charge in [0.1, 0.15) is 12.4 Å². The van der Waals surface area contributed by atoms with E-state index in [-0.39, 0.29) is 23.8 Å². The number of anilines is 1. The second kappa shape index (κ2) is 7.87. The Morgan fingerprint density at radius 1 is 1.11 bits per heavy atom. The summed E-state index contributed by atoms with van der Waals surface area (Å²) in [4.78, 5) is 23.9. The largest absolute Gasteiger partial charge is 0.481 e. The number of hydrogen-bond donors (Lipinski definition) is 2. The van der Waals surface area contributed by atoms with E-state index in [1.54, 1.807) is 12.1 Å². The summed E-state index contributed by atoms with van der Waals surface area (Å²) in [5.74, 6) is 8.99. The van der Waals surface area contributed by atoms with Crippen LogP contribution < -0.4 is 15.4 Å². The van der Waals surface area contributed by atoms with E-state index in [0.29, 0.717) is 18.0 Å². The minimum absolute atomic E-state index is 0.114. The van der Waals surface area contributed by atoms with Gasteiger partial charge in [0.25, 0.3) is 0 Å². The van der Waals surface area contributed by atoms with Crippen molar-refractivity contribution in [1.29, 1.82) is 0 Å². The smallest absolute Gasteiger partial charge is 0.226 e. The van der Waals surface area contributed by atoms with Crippen LogP contribution in [0.5, 0.6) is 5.75 Å². The minimum Gasteiger partial charge on any atom is -0.481 e. The molecule has 4 saturated carbocycles. The van der Waals surface area contributed by atoms with Crippen LogP contribution >= 0.6 is 0 Å². The predicted octanol–water partition coefficient (Wildman–Crippen LogP) is 3.36. The first-order valence-electron chi connectivity index (χ1n) is 10.3. The average Bonchev–Trinajstić information content (AvgIpc) is 2.63. The van der Waals surface area contributed by atoms with Crippen molar-refractivity contribution in [2.45, 2.75) is 45.4 Å². The first kappa shape index (κ1) is 18.9. The van der Waals surface area contributed by atoms with Crippen LogP contribution in [0.2, 0.25) is 0 Å². The molecular weight excluding hydrogens is 352 g/mol. The second-order valence-corrected chi connectivity index (χ2v) is 8.73. The third kappa shape index (κ3) is 4.16. The van der Waals surface area contributed by atoms with Crippen molar-refractivity contribution < 1.29 is 14.3 Å². The Kier molecular flexibility index (Phi) is 5.30. The lowest BCUT2D eigenvalue weighted by atomic mass is 9.49. The highest BCUT2D eigenvalue weighted by molar-refractivity contribution is 5.88. The molecular formula is C23H28N2O3. The molecule has 4 aliphatic rings. The van der Waals surface area contributed by atoms with Crippen molar-refractivity contribution in [1.82, 2.24) is 5.32 Å². The fourth-order valence-electron chi connectivity index (χ4n) is 5.80. The summed E-state index contributed by atoms with van der Waals surface area (Å²) >= 11 is 0. The van der Waals surface area contributed by atoms with Crippen molar-refractivity contribution in [2.24, 2.45) is 23.2 Å². The second-order valence-electron chi connectivity index (χ2n) is 8.73. The maximum absolute atomic E-state index is 12.8. The van der Waals surface area contributed by atoms with E-state index in [1.807, 2.05) is 12.1 Å². The van der Waals surface area contributed by atoms with Crippen molar-refractivity contribution in [3.63, 3.8) is 0 Å². The normalized spacial score (nSPS) is 29.5. The molecule has 0 aromatic heterocycles. The minimum atomic E-state index is -0.119. The lowest BCUT2D eigenvalue weighted by molar-refractivity contribution is -0.145. The monoisotopic (exact) mass is 380 g/mol. The highest BCUT2D eigenvalue weighted by atomic mass is 16.5. The zero-order valence-electron chi connectivity index (χ0n) is 16.4. The molecule has 28 heavy (non-hydrogen) atoms. The molecule has 4 bridgehead atoms. The standard InChI is InChI=1S/C23H28N2O3/c1-16(26)25-20-5-4-6-21(12-20)28-8-3-2-7-24-22(27)23-13-17-9-18(14-23)11-19(10-17)15-23/h4-6,12,17-19H,7-11,13-15H2,1H3,(H,24,27)(H,25,26). The molecule has 2 N–H and O–H groups in total. The molecule has 5 nitrogen and oxygen atoms in total. The Balaban J connectivity index is 1.23. The summed E-state index contributed by atoms with van der Waals surface area (Å²) in [6, 6.07) is 7.21. The predicted molar refractivity (Wildman–Crippen MR) is 108 cm³/mol. The van der Waals surface area contributed by atoms with Crippen LogP contribution in [0.15, 0.2) is 24.3 Å². The average molecular weight is 380 g/mol. The highest BCUT2D eigenvalue weighted by Crippen LogP contribution is 2.60. The van der Waals surface area contributed by atoms with Crippen molar-refractivity contribution in [3.8, 4) is 17.6 Å². The molecule has 0 atom stereocenters. The molecule has 0 heterocycles. The zero-order valence-corrected chi connectivity index (χ0v) is 16.4. The van der Waals surface area contributed by atoms with Crippen LogP contribution in [-0.2, 0) is 9.59 Å². The number of carbonyl (C=O) groups excluding carboxylic acids is 2. The molecule has 0 aliphatic heterocycles. The van der Waals surface area contributed by atoms with Crippen LogP contribution in [0.4, 0.5) is 5.69 Å². The first-order valence-corrected chi connectivity index (χ1v) is 10.3. The maximum Gasteiger partial charge on any atom is 0.226 e. The number of carbonyl (C=O) groups is 2. The highest BCUT2D eigenvalue weighted by Gasteiger charge is 2.54. The van der Waals surface area contributed by atoms with Gasteiger partial charge in [-0.25, -0.2) is 0 Å². The van der Waals surface area contributed by atoms with E-state index in [1.165, 1.54) is 26.2 Å². The van der Waals surface area contributed by atoms with Gasteiger partial charge >= 0.3 is 0 Å². The molecule has 5 heteroatoms.